The highest BCUT2D eigenvalue weighted by molar-refractivity contribution is 7.90. The second-order valence-electron chi connectivity index (χ2n) is 7.52. The van der Waals surface area contributed by atoms with Crippen LogP contribution in [0, 0.1) is 5.92 Å². The molecule has 9 heteroatoms. The van der Waals surface area contributed by atoms with Crippen LogP contribution in [0.25, 0.3) is 0 Å². The number of benzene rings is 2. The van der Waals surface area contributed by atoms with Gasteiger partial charge in [-0.25, -0.2) is 0 Å². The number of nitrogens with zero attached hydrogens (tertiary/aromatic N) is 2. The lowest BCUT2D eigenvalue weighted by molar-refractivity contribution is -0.121. The lowest BCUT2D eigenvalue weighted by Gasteiger charge is -2.18. The summed E-state index contributed by atoms with van der Waals surface area (Å²) in [6.07, 6.45) is 0.756. The largest absolute Gasteiger partial charge is 0.350 e. The van der Waals surface area contributed by atoms with Gasteiger partial charge >= 0.3 is 0 Å². The predicted molar refractivity (Wildman–Crippen MR) is 119 cm³/mol. The van der Waals surface area contributed by atoms with Gasteiger partial charge in [0.25, 0.3) is 10.0 Å². The normalized spacial score (nSPS) is 14.9. The number of amidine groups is 1. The number of fused-ring (bicyclic) bond motifs is 1. The van der Waals surface area contributed by atoms with Gasteiger partial charge in [-0.1, -0.05) is 38.1 Å². The highest BCUT2D eigenvalue weighted by Crippen LogP contribution is 2.26. The fourth-order valence-electron chi connectivity index (χ4n) is 3.12. The number of hydrogen-bond donors (Lipinski definition) is 2. The Morgan fingerprint density at radius 3 is 2.61 bits per heavy atom. The van der Waals surface area contributed by atoms with E-state index in [0.717, 1.165) is 12.0 Å². The second-order valence-corrected chi connectivity index (χ2v) is 9.09. The fourth-order valence-corrected chi connectivity index (χ4v) is 4.37. The van der Waals surface area contributed by atoms with Crippen LogP contribution in [0.3, 0.4) is 0 Å². The van der Waals surface area contributed by atoms with E-state index in [1.165, 1.54) is 11.0 Å². The van der Waals surface area contributed by atoms with Crippen LogP contribution in [0.15, 0.2) is 57.8 Å². The van der Waals surface area contributed by atoms with Gasteiger partial charge in [-0.05, 0) is 36.2 Å². The van der Waals surface area contributed by atoms with Crippen LogP contribution < -0.4 is 10.6 Å². The molecule has 164 valence electrons. The van der Waals surface area contributed by atoms with Crippen molar-refractivity contribution in [2.45, 2.75) is 31.7 Å². The summed E-state index contributed by atoms with van der Waals surface area (Å²) < 4.78 is 28.2. The first-order valence-electron chi connectivity index (χ1n) is 10.0. The van der Waals surface area contributed by atoms with Crippen molar-refractivity contribution in [3.8, 4) is 0 Å². The topological polar surface area (TPSA) is 108 Å². The summed E-state index contributed by atoms with van der Waals surface area (Å²) in [5, 5.41) is 5.69. The third-order valence-electron chi connectivity index (χ3n) is 5.10. The second kappa shape index (κ2) is 9.30. The highest BCUT2D eigenvalue weighted by Gasteiger charge is 2.30. The molecule has 0 saturated heterocycles. The Labute approximate surface area is 182 Å². The van der Waals surface area contributed by atoms with Crippen LogP contribution in [-0.4, -0.2) is 44.6 Å². The molecule has 2 N–H and O–H groups in total. The zero-order valence-electron chi connectivity index (χ0n) is 17.8. The van der Waals surface area contributed by atoms with Crippen molar-refractivity contribution in [3.05, 3.63) is 59.7 Å². The summed E-state index contributed by atoms with van der Waals surface area (Å²) in [6, 6.07) is 13.8. The molecule has 1 aliphatic heterocycles. The van der Waals surface area contributed by atoms with E-state index in [9.17, 15) is 18.0 Å². The van der Waals surface area contributed by atoms with E-state index in [0.29, 0.717) is 11.3 Å². The molecular weight excluding hydrogens is 416 g/mol. The lowest BCUT2D eigenvalue weighted by Crippen LogP contribution is -2.38. The maximum Gasteiger partial charge on any atom is 0.285 e. The first kappa shape index (κ1) is 22.5. The Balaban J connectivity index is 1.59. The van der Waals surface area contributed by atoms with Crippen molar-refractivity contribution in [2.24, 2.45) is 10.3 Å². The van der Waals surface area contributed by atoms with Crippen LogP contribution >= 0.6 is 0 Å². The van der Waals surface area contributed by atoms with Crippen molar-refractivity contribution >= 4 is 33.4 Å². The molecule has 2 aromatic rings. The Bertz CT molecular complexity index is 1130. The lowest BCUT2D eigenvalue weighted by atomic mass is 10.1. The summed E-state index contributed by atoms with van der Waals surface area (Å²) in [5.41, 5.74) is 2.00. The number of hydrogen-bond acceptors (Lipinski definition) is 5. The molecule has 1 heterocycles. The van der Waals surface area contributed by atoms with Gasteiger partial charge in [0.05, 0.1) is 6.54 Å². The summed E-state index contributed by atoms with van der Waals surface area (Å²) in [5.74, 6) is -0.147. The van der Waals surface area contributed by atoms with Gasteiger partial charge in [0.1, 0.15) is 4.90 Å². The number of anilines is 1. The fraction of sp³-hybridized carbons (Fsp3) is 0.318. The molecule has 31 heavy (non-hydrogen) atoms. The van der Waals surface area contributed by atoms with Crippen molar-refractivity contribution in [3.63, 3.8) is 0 Å². The molecule has 0 aliphatic carbocycles. The van der Waals surface area contributed by atoms with E-state index in [4.69, 9.17) is 0 Å². The van der Waals surface area contributed by atoms with Gasteiger partial charge in [0.2, 0.25) is 11.8 Å². The smallest absolute Gasteiger partial charge is 0.285 e. The van der Waals surface area contributed by atoms with E-state index in [1.54, 1.807) is 31.3 Å². The molecule has 0 saturated carbocycles. The van der Waals surface area contributed by atoms with Crippen molar-refractivity contribution < 1.29 is 18.0 Å². The number of sulfonamides is 1. The predicted octanol–water partition coefficient (Wildman–Crippen LogP) is 2.37. The summed E-state index contributed by atoms with van der Waals surface area (Å²) in [6.45, 7) is 4.06. The molecule has 1 atom stereocenters. The van der Waals surface area contributed by atoms with Crippen molar-refractivity contribution in [1.82, 2.24) is 10.2 Å². The van der Waals surface area contributed by atoms with E-state index in [1.807, 2.05) is 32.0 Å². The van der Waals surface area contributed by atoms with E-state index in [-0.39, 0.29) is 41.6 Å². The zero-order valence-corrected chi connectivity index (χ0v) is 18.6. The van der Waals surface area contributed by atoms with Gasteiger partial charge in [0.15, 0.2) is 5.84 Å². The number of nitrogens with one attached hydrogen (secondary N) is 2. The van der Waals surface area contributed by atoms with Crippen LogP contribution in [0.4, 0.5) is 5.69 Å². The third-order valence-corrected chi connectivity index (χ3v) is 6.42. The molecular formula is C22H26N4O4S. The minimum atomic E-state index is -3.73. The quantitative estimate of drug-likeness (QED) is 0.684. The number of likely N-dealkylation sites (N-methyl/N-ethyl adjacent to an activating group) is 1. The number of carbonyl (C=O) groups excluding carboxylic acids is 2. The SMILES string of the molecule is CC[C@H](C)C(=O)Nc1cccc(CNC(=O)CN(C)C2=NS(=O)(=O)c3ccccc32)c1. The molecule has 8 nitrogen and oxygen atoms in total. The highest BCUT2D eigenvalue weighted by atomic mass is 32.2. The van der Waals surface area contributed by atoms with Crippen LogP contribution in [0.2, 0.25) is 0 Å². The van der Waals surface area contributed by atoms with Crippen molar-refractivity contribution in [1.29, 1.82) is 0 Å². The van der Waals surface area contributed by atoms with Gasteiger partial charge in [0, 0.05) is 30.8 Å². The molecule has 0 unspecified atom stereocenters. The molecule has 0 aromatic heterocycles. The number of amides is 2. The number of carbonyl (C=O) groups is 2. The maximum atomic E-state index is 12.4. The number of rotatable bonds is 7. The monoisotopic (exact) mass is 442 g/mol. The minimum Gasteiger partial charge on any atom is -0.350 e. The Hall–Kier alpha value is -3.20. The first-order valence-corrected chi connectivity index (χ1v) is 11.5. The first-order chi connectivity index (χ1) is 14.7. The zero-order chi connectivity index (χ0) is 22.6. The van der Waals surface area contributed by atoms with Gasteiger partial charge < -0.3 is 15.5 Å². The van der Waals surface area contributed by atoms with Crippen molar-refractivity contribution in [2.75, 3.05) is 18.9 Å². The molecule has 0 spiro atoms. The molecule has 2 aromatic carbocycles. The van der Waals surface area contributed by atoms with Crippen LogP contribution in [-0.2, 0) is 26.2 Å². The molecule has 0 bridgehead atoms. The average molecular weight is 443 g/mol. The standard InChI is InChI=1S/C22H26N4O4S/c1-4-15(2)22(28)24-17-9-7-8-16(12-17)13-23-20(27)14-26(3)21-18-10-5-6-11-19(18)31(29,30)25-21/h5-12,15H,4,13-14H2,1-3H3,(H,23,27)(H,24,28)/t15-/m0/s1. The molecule has 1 aliphatic rings. The van der Waals surface area contributed by atoms with E-state index in [2.05, 4.69) is 15.0 Å². The summed E-state index contributed by atoms with van der Waals surface area (Å²) in [4.78, 5) is 26.1. The van der Waals surface area contributed by atoms with E-state index >= 15 is 0 Å². The minimum absolute atomic E-state index is 0.0436. The van der Waals surface area contributed by atoms with Crippen LogP contribution in [0.5, 0.6) is 0 Å². The summed E-state index contributed by atoms with van der Waals surface area (Å²) in [7, 11) is -2.11. The Kier molecular flexibility index (Phi) is 6.74. The van der Waals surface area contributed by atoms with Crippen LogP contribution in [0.1, 0.15) is 31.4 Å². The van der Waals surface area contributed by atoms with E-state index < -0.39 is 10.0 Å². The molecule has 3 rings (SSSR count). The van der Waals surface area contributed by atoms with Gasteiger partial charge in [-0.15, -0.1) is 4.40 Å². The molecule has 2 amide bonds. The Morgan fingerprint density at radius 2 is 1.87 bits per heavy atom. The van der Waals surface area contributed by atoms with Gasteiger partial charge in [-0.2, -0.15) is 8.42 Å². The Morgan fingerprint density at radius 1 is 1.13 bits per heavy atom. The third kappa shape index (κ3) is 5.29. The summed E-state index contributed by atoms with van der Waals surface area (Å²) >= 11 is 0. The molecule has 0 fully saturated rings. The average Bonchev–Trinajstić information content (AvgIpc) is 3.03. The van der Waals surface area contributed by atoms with Gasteiger partial charge in [-0.3, -0.25) is 9.59 Å². The maximum absolute atomic E-state index is 12.4. The molecule has 0 radical (unpaired) electrons.